The summed E-state index contributed by atoms with van der Waals surface area (Å²) in [4.78, 5) is 4.75. The molecule has 1 aliphatic heterocycles. The predicted molar refractivity (Wildman–Crippen MR) is 173 cm³/mol. The van der Waals surface area contributed by atoms with Gasteiger partial charge >= 0.3 is 0 Å². The van der Waals surface area contributed by atoms with Gasteiger partial charge in [-0.1, -0.05) is 71.8 Å². The molecular weight excluding hydrogens is 631 g/mol. The van der Waals surface area contributed by atoms with Crippen LogP contribution in [0.15, 0.2) is 96.0 Å². The number of hydrogen-bond donors (Lipinski definition) is 1. The third-order valence-electron chi connectivity index (χ3n) is 7.71. The lowest BCUT2D eigenvalue weighted by molar-refractivity contribution is 0.282. The minimum absolute atomic E-state index is 0.275. The minimum atomic E-state index is 0.275. The topological polar surface area (TPSA) is 42.8 Å². The van der Waals surface area contributed by atoms with Gasteiger partial charge < -0.3 is 14.8 Å². The van der Waals surface area contributed by atoms with Crippen molar-refractivity contribution in [3.05, 3.63) is 127 Å². The van der Waals surface area contributed by atoms with Gasteiger partial charge in [0.15, 0.2) is 11.5 Å². The van der Waals surface area contributed by atoms with Gasteiger partial charge in [0.1, 0.15) is 6.61 Å². The number of aliphatic imine (C=N–C) groups is 1. The fraction of sp³-hybridized carbons (Fsp3) is 0.206. The van der Waals surface area contributed by atoms with Crippen molar-refractivity contribution in [1.29, 1.82) is 0 Å². The summed E-state index contributed by atoms with van der Waals surface area (Å²) in [6, 6.07) is 27.3. The standard InChI is InChI=1S/C34H30ClIN2O2/c1-21-10-15-31-28(16-21)26-7-5-8-27(26)33(38-31)23-11-13-25(14-12-23)37-19-22-17-30(36)34(32(18-22)39-2)40-20-24-6-3-4-9-29(24)35/h3-7,9-19,26-27,33,38H,8,20H2,1-2H3/t26-,27-,33+/m1/s1. The van der Waals surface area contributed by atoms with Crippen molar-refractivity contribution >= 4 is 51.8 Å². The summed E-state index contributed by atoms with van der Waals surface area (Å²) in [7, 11) is 1.65. The average molecular weight is 661 g/mol. The predicted octanol–water partition coefficient (Wildman–Crippen LogP) is 9.42. The van der Waals surface area contributed by atoms with Crippen LogP contribution in [0.4, 0.5) is 11.4 Å². The van der Waals surface area contributed by atoms with E-state index in [4.69, 9.17) is 26.1 Å². The second-order valence-electron chi connectivity index (χ2n) is 10.3. The highest BCUT2D eigenvalue weighted by atomic mass is 127. The molecule has 0 saturated carbocycles. The van der Waals surface area contributed by atoms with Crippen LogP contribution >= 0.6 is 34.2 Å². The highest BCUT2D eigenvalue weighted by Gasteiger charge is 2.37. The number of methoxy groups -OCH3 is 1. The Hall–Kier alpha value is -3.29. The maximum atomic E-state index is 6.29. The highest BCUT2D eigenvalue weighted by Crippen LogP contribution is 2.50. The number of rotatable bonds is 7. The van der Waals surface area contributed by atoms with Crippen LogP contribution in [0.3, 0.4) is 0 Å². The Balaban J connectivity index is 1.17. The van der Waals surface area contributed by atoms with Crippen LogP contribution in [0.25, 0.3) is 0 Å². The van der Waals surface area contributed by atoms with Crippen LogP contribution in [-0.2, 0) is 6.61 Å². The molecule has 4 aromatic carbocycles. The molecule has 1 aliphatic carbocycles. The molecule has 0 fully saturated rings. The molecular formula is C34H30ClIN2O2. The second-order valence-corrected chi connectivity index (χ2v) is 11.9. The van der Waals surface area contributed by atoms with Crippen molar-refractivity contribution in [2.24, 2.45) is 10.9 Å². The lowest BCUT2D eigenvalue weighted by Gasteiger charge is -2.37. The zero-order chi connectivity index (χ0) is 27.6. The van der Waals surface area contributed by atoms with Crippen molar-refractivity contribution in [2.75, 3.05) is 12.4 Å². The van der Waals surface area contributed by atoms with Crippen molar-refractivity contribution in [1.82, 2.24) is 0 Å². The Morgan fingerprint density at radius 3 is 2.67 bits per heavy atom. The van der Waals surface area contributed by atoms with Crippen molar-refractivity contribution in [2.45, 2.75) is 31.9 Å². The smallest absolute Gasteiger partial charge is 0.174 e. The number of fused-ring (bicyclic) bond motifs is 3. The molecule has 0 bridgehead atoms. The first-order valence-corrected chi connectivity index (χ1v) is 14.9. The lowest BCUT2D eigenvalue weighted by atomic mass is 9.76. The van der Waals surface area contributed by atoms with E-state index in [1.807, 2.05) is 42.6 Å². The third-order valence-corrected chi connectivity index (χ3v) is 8.88. The summed E-state index contributed by atoms with van der Waals surface area (Å²) in [6.07, 6.45) is 7.68. The first kappa shape index (κ1) is 26.9. The van der Waals surface area contributed by atoms with Gasteiger partial charge in [0, 0.05) is 28.4 Å². The minimum Gasteiger partial charge on any atom is -0.493 e. The van der Waals surface area contributed by atoms with Crippen LogP contribution in [-0.4, -0.2) is 13.3 Å². The Kier molecular flexibility index (Phi) is 7.85. The van der Waals surface area contributed by atoms with Crippen LogP contribution in [0, 0.1) is 16.4 Å². The Morgan fingerprint density at radius 2 is 1.88 bits per heavy atom. The molecule has 0 spiro atoms. The molecule has 0 saturated heterocycles. The van der Waals surface area contributed by atoms with E-state index in [1.54, 1.807) is 7.11 Å². The highest BCUT2D eigenvalue weighted by molar-refractivity contribution is 14.1. The number of nitrogens with zero attached hydrogens (tertiary/aromatic N) is 1. The van der Waals surface area contributed by atoms with E-state index in [-0.39, 0.29) is 6.04 Å². The van der Waals surface area contributed by atoms with Gasteiger partial charge in [-0.05, 0) is 94.9 Å². The number of aryl methyl sites for hydroxylation is 1. The number of halogens is 2. The van der Waals surface area contributed by atoms with Gasteiger partial charge in [-0.15, -0.1) is 0 Å². The molecule has 0 amide bonds. The maximum Gasteiger partial charge on any atom is 0.174 e. The maximum absolute atomic E-state index is 6.29. The summed E-state index contributed by atoms with van der Waals surface area (Å²) < 4.78 is 12.7. The summed E-state index contributed by atoms with van der Waals surface area (Å²) in [5.41, 5.74) is 8.04. The third kappa shape index (κ3) is 5.50. The van der Waals surface area contributed by atoms with Gasteiger partial charge in [-0.3, -0.25) is 4.99 Å². The van der Waals surface area contributed by atoms with E-state index in [0.29, 0.717) is 35.0 Å². The van der Waals surface area contributed by atoms with Gasteiger partial charge in [-0.2, -0.15) is 0 Å². The SMILES string of the molecule is COc1cc(C=Nc2ccc([C@@H]3Nc4ccc(C)cc4[C@@H]4C=CC[C@H]43)cc2)cc(I)c1OCc1ccccc1Cl. The van der Waals surface area contributed by atoms with Gasteiger partial charge in [0.25, 0.3) is 0 Å². The number of hydrogen-bond acceptors (Lipinski definition) is 4. The molecule has 202 valence electrons. The Bertz CT molecular complexity index is 1600. The molecule has 0 aromatic heterocycles. The molecule has 40 heavy (non-hydrogen) atoms. The number of nitrogens with one attached hydrogen (secondary N) is 1. The van der Waals surface area contributed by atoms with Crippen LogP contribution in [0.1, 0.15) is 46.2 Å². The number of ether oxygens (including phenoxy) is 2. The van der Waals surface area contributed by atoms with Crippen LogP contribution < -0.4 is 14.8 Å². The van der Waals surface area contributed by atoms with E-state index < -0.39 is 0 Å². The number of benzene rings is 4. The molecule has 6 heteroatoms. The first-order chi connectivity index (χ1) is 19.5. The monoisotopic (exact) mass is 660 g/mol. The van der Waals surface area contributed by atoms with E-state index in [0.717, 1.165) is 26.8 Å². The van der Waals surface area contributed by atoms with Crippen LogP contribution in [0.5, 0.6) is 11.5 Å². The second kappa shape index (κ2) is 11.7. The van der Waals surface area contributed by atoms with E-state index in [1.165, 1.54) is 22.4 Å². The van der Waals surface area contributed by atoms with E-state index in [9.17, 15) is 0 Å². The fourth-order valence-electron chi connectivity index (χ4n) is 5.68. The normalized spacial score (nSPS) is 19.2. The largest absolute Gasteiger partial charge is 0.493 e. The van der Waals surface area contributed by atoms with E-state index in [2.05, 4.69) is 89.4 Å². The fourth-order valence-corrected chi connectivity index (χ4v) is 6.65. The molecule has 1 heterocycles. The average Bonchev–Trinajstić information content (AvgIpc) is 3.47. The zero-order valence-electron chi connectivity index (χ0n) is 22.4. The summed E-state index contributed by atoms with van der Waals surface area (Å²) >= 11 is 8.57. The van der Waals surface area contributed by atoms with Crippen molar-refractivity contribution in [3.8, 4) is 11.5 Å². The van der Waals surface area contributed by atoms with Crippen molar-refractivity contribution < 1.29 is 9.47 Å². The molecule has 0 radical (unpaired) electrons. The number of anilines is 1. The lowest BCUT2D eigenvalue weighted by Crippen LogP contribution is -2.29. The molecule has 4 aromatic rings. The summed E-state index contributed by atoms with van der Waals surface area (Å²) in [6.45, 7) is 2.53. The Labute approximate surface area is 254 Å². The van der Waals surface area contributed by atoms with Gasteiger partial charge in [0.05, 0.1) is 22.4 Å². The zero-order valence-corrected chi connectivity index (χ0v) is 25.3. The van der Waals surface area contributed by atoms with Gasteiger partial charge in [0.2, 0.25) is 0 Å². The molecule has 6 rings (SSSR count). The molecule has 0 unspecified atom stereocenters. The van der Waals surface area contributed by atoms with Crippen LogP contribution in [0.2, 0.25) is 5.02 Å². The first-order valence-electron chi connectivity index (χ1n) is 13.4. The quantitative estimate of drug-likeness (QED) is 0.122. The Morgan fingerprint density at radius 1 is 1.05 bits per heavy atom. The molecule has 3 atom stereocenters. The van der Waals surface area contributed by atoms with Gasteiger partial charge in [-0.25, -0.2) is 0 Å². The molecule has 2 aliphatic rings. The summed E-state index contributed by atoms with van der Waals surface area (Å²) in [5, 5.41) is 4.51. The van der Waals surface area contributed by atoms with Crippen molar-refractivity contribution in [3.63, 3.8) is 0 Å². The van der Waals surface area contributed by atoms with E-state index >= 15 is 0 Å². The molecule has 1 N–H and O–H groups in total. The molecule has 4 nitrogen and oxygen atoms in total. The summed E-state index contributed by atoms with van der Waals surface area (Å²) in [5.74, 6) is 2.35. The number of allylic oxidation sites excluding steroid dienone is 2.